The molecule has 29 heavy (non-hydrogen) atoms. The first-order valence-corrected chi connectivity index (χ1v) is 11.9. The molecule has 0 amide bonds. The lowest BCUT2D eigenvalue weighted by Crippen LogP contribution is -1.91. The summed E-state index contributed by atoms with van der Waals surface area (Å²) < 4.78 is 0. The van der Waals surface area contributed by atoms with Crippen LogP contribution in [-0.4, -0.2) is 4.98 Å². The van der Waals surface area contributed by atoms with Crippen molar-refractivity contribution in [3.8, 4) is 0 Å². The molecule has 1 nitrogen and oxygen atoms in total. The highest BCUT2D eigenvalue weighted by Crippen LogP contribution is 2.16. The first-order valence-electron chi connectivity index (χ1n) is 11.9. The van der Waals surface area contributed by atoms with Gasteiger partial charge in [0.1, 0.15) is 0 Å². The molecule has 0 radical (unpaired) electrons. The van der Waals surface area contributed by atoms with Gasteiger partial charge >= 0.3 is 0 Å². The van der Waals surface area contributed by atoms with E-state index in [-0.39, 0.29) is 0 Å². The topological polar surface area (TPSA) is 12.9 Å². The zero-order valence-corrected chi connectivity index (χ0v) is 20.1. The third-order valence-corrected chi connectivity index (χ3v) is 5.79. The van der Waals surface area contributed by atoms with Gasteiger partial charge in [-0.15, -0.1) is 0 Å². The van der Waals surface area contributed by atoms with Gasteiger partial charge in [-0.3, -0.25) is 4.98 Å². The van der Waals surface area contributed by atoms with Crippen LogP contribution in [0.1, 0.15) is 105 Å². The van der Waals surface area contributed by atoms with Crippen LogP contribution in [0.2, 0.25) is 0 Å². The van der Waals surface area contributed by atoms with Crippen LogP contribution in [-0.2, 0) is 6.42 Å². The fraction of sp³-hybridized carbons (Fsp3) is 0.607. The molecule has 0 aliphatic carbocycles. The first-order chi connectivity index (χ1) is 13.9. The summed E-state index contributed by atoms with van der Waals surface area (Å²) in [5.41, 5.74) is 7.92. The van der Waals surface area contributed by atoms with Crippen molar-refractivity contribution in [1.82, 2.24) is 4.98 Å². The minimum atomic E-state index is 1.10. The Morgan fingerprint density at radius 2 is 1.17 bits per heavy atom. The minimum absolute atomic E-state index is 1.10. The molecule has 0 bridgehead atoms. The number of unbranched alkanes of at least 4 members (excludes halogenated alkanes) is 9. The normalized spacial score (nSPS) is 10.6. The lowest BCUT2D eigenvalue weighted by Gasteiger charge is -2.07. The fourth-order valence-electron chi connectivity index (χ4n) is 3.63. The van der Waals surface area contributed by atoms with Crippen molar-refractivity contribution < 1.29 is 0 Å². The van der Waals surface area contributed by atoms with Crippen LogP contribution in [0.25, 0.3) is 0 Å². The Morgan fingerprint density at radius 3 is 1.72 bits per heavy atom. The van der Waals surface area contributed by atoms with E-state index >= 15 is 0 Å². The summed E-state index contributed by atoms with van der Waals surface area (Å²) in [6.07, 6.45) is 15.5. The summed E-state index contributed by atoms with van der Waals surface area (Å²) in [6.45, 7) is 12.8. The van der Waals surface area contributed by atoms with Crippen molar-refractivity contribution in [1.29, 1.82) is 0 Å². The molecule has 162 valence electrons. The highest BCUT2D eigenvalue weighted by Gasteiger charge is 1.99. The highest BCUT2D eigenvalue weighted by atomic mass is 14.7. The second-order valence-corrected chi connectivity index (χ2v) is 8.72. The van der Waals surface area contributed by atoms with Gasteiger partial charge < -0.3 is 0 Å². The predicted molar refractivity (Wildman–Crippen MR) is 130 cm³/mol. The molecule has 0 spiro atoms. The van der Waals surface area contributed by atoms with Gasteiger partial charge in [0.2, 0.25) is 0 Å². The second kappa shape index (κ2) is 15.2. The van der Waals surface area contributed by atoms with Gasteiger partial charge in [-0.05, 0) is 70.2 Å². The number of aryl methyl sites for hydroxylation is 6. The summed E-state index contributed by atoms with van der Waals surface area (Å²) in [5, 5.41) is 0. The molecule has 2 aromatic rings. The molecule has 2 rings (SSSR count). The van der Waals surface area contributed by atoms with E-state index in [0.717, 1.165) is 11.4 Å². The Labute approximate surface area is 181 Å². The lowest BCUT2D eigenvalue weighted by molar-refractivity contribution is 0.556. The SMILES string of the molecule is CCCCCCCCCCCCc1cc(C)ccc1C.Cc1ccc(C)c(C)n1. The van der Waals surface area contributed by atoms with Gasteiger partial charge in [0.05, 0.1) is 0 Å². The van der Waals surface area contributed by atoms with Crippen molar-refractivity contribution in [2.45, 2.75) is 112 Å². The van der Waals surface area contributed by atoms with Crippen LogP contribution >= 0.6 is 0 Å². The first kappa shape index (κ1) is 25.4. The zero-order chi connectivity index (χ0) is 21.5. The fourth-order valence-corrected chi connectivity index (χ4v) is 3.63. The number of benzene rings is 1. The Bertz CT molecular complexity index is 687. The van der Waals surface area contributed by atoms with Gasteiger partial charge in [-0.2, -0.15) is 0 Å². The van der Waals surface area contributed by atoms with Gasteiger partial charge in [-0.25, -0.2) is 0 Å². The number of nitrogens with zero attached hydrogens (tertiary/aromatic N) is 1. The summed E-state index contributed by atoms with van der Waals surface area (Å²) in [5.74, 6) is 0. The molecule has 1 aromatic carbocycles. The molecule has 0 atom stereocenters. The van der Waals surface area contributed by atoms with Gasteiger partial charge in [0, 0.05) is 11.4 Å². The average molecular weight is 396 g/mol. The van der Waals surface area contributed by atoms with E-state index in [0.29, 0.717) is 0 Å². The molecular formula is C28H45N. The summed E-state index contributed by atoms with van der Waals surface area (Å²) in [4.78, 5) is 4.27. The number of hydrogen-bond donors (Lipinski definition) is 0. The zero-order valence-electron chi connectivity index (χ0n) is 20.1. The molecule has 0 aliphatic heterocycles. The maximum Gasteiger partial charge on any atom is 0.0404 e. The van der Waals surface area contributed by atoms with Crippen LogP contribution in [0.4, 0.5) is 0 Å². The highest BCUT2D eigenvalue weighted by molar-refractivity contribution is 5.30. The van der Waals surface area contributed by atoms with E-state index in [4.69, 9.17) is 0 Å². The van der Waals surface area contributed by atoms with Crippen molar-refractivity contribution in [3.05, 3.63) is 64.0 Å². The van der Waals surface area contributed by atoms with E-state index in [2.05, 4.69) is 56.9 Å². The molecule has 1 heteroatoms. The standard InChI is InChI=1S/C20H34.C8H11N/c1-4-5-6-7-8-9-10-11-12-13-14-20-17-18(2)15-16-19(20)3;1-6-4-5-7(2)9-8(6)3/h15-17H,4-14H2,1-3H3;4-5H,1-3H3. The van der Waals surface area contributed by atoms with E-state index in [1.54, 1.807) is 5.56 Å². The maximum absolute atomic E-state index is 4.27. The summed E-state index contributed by atoms with van der Waals surface area (Å²) >= 11 is 0. The number of rotatable bonds is 11. The Balaban J connectivity index is 0.000000387. The summed E-state index contributed by atoms with van der Waals surface area (Å²) in [7, 11) is 0. The van der Waals surface area contributed by atoms with Crippen LogP contribution in [0, 0.1) is 34.6 Å². The molecule has 0 fully saturated rings. The molecule has 0 unspecified atom stereocenters. The largest absolute Gasteiger partial charge is 0.258 e. The third-order valence-electron chi connectivity index (χ3n) is 5.79. The Hall–Kier alpha value is -1.63. The smallest absolute Gasteiger partial charge is 0.0404 e. The third kappa shape index (κ3) is 11.8. The van der Waals surface area contributed by atoms with Crippen molar-refractivity contribution in [2.75, 3.05) is 0 Å². The quantitative estimate of drug-likeness (QED) is 0.346. The minimum Gasteiger partial charge on any atom is -0.258 e. The summed E-state index contributed by atoms with van der Waals surface area (Å²) in [6, 6.07) is 11.0. The van der Waals surface area contributed by atoms with E-state index in [9.17, 15) is 0 Å². The van der Waals surface area contributed by atoms with Crippen molar-refractivity contribution in [3.63, 3.8) is 0 Å². The number of hydrogen-bond acceptors (Lipinski definition) is 1. The molecule has 0 saturated heterocycles. The van der Waals surface area contributed by atoms with E-state index < -0.39 is 0 Å². The molecule has 0 N–H and O–H groups in total. The lowest BCUT2D eigenvalue weighted by atomic mass is 9.99. The van der Waals surface area contributed by atoms with Gasteiger partial charge in [0.15, 0.2) is 0 Å². The maximum atomic E-state index is 4.27. The number of aromatic nitrogens is 1. The molecule has 1 aromatic heterocycles. The molecule has 0 aliphatic rings. The van der Waals surface area contributed by atoms with Crippen LogP contribution in [0.5, 0.6) is 0 Å². The number of pyridine rings is 1. The second-order valence-electron chi connectivity index (χ2n) is 8.72. The van der Waals surface area contributed by atoms with E-state index in [1.807, 2.05) is 19.9 Å². The van der Waals surface area contributed by atoms with Gasteiger partial charge in [-0.1, -0.05) is 94.5 Å². The molecule has 0 saturated carbocycles. The van der Waals surface area contributed by atoms with Crippen molar-refractivity contribution in [2.24, 2.45) is 0 Å². The average Bonchev–Trinajstić information content (AvgIpc) is 2.69. The predicted octanol–water partition coefficient (Wildman–Crippen LogP) is 8.77. The van der Waals surface area contributed by atoms with Crippen LogP contribution in [0.15, 0.2) is 30.3 Å². The Kier molecular flexibility index (Phi) is 13.4. The van der Waals surface area contributed by atoms with Gasteiger partial charge in [0.25, 0.3) is 0 Å². The Morgan fingerprint density at radius 1 is 0.621 bits per heavy atom. The monoisotopic (exact) mass is 395 g/mol. The van der Waals surface area contributed by atoms with E-state index in [1.165, 1.54) is 87.3 Å². The molecular weight excluding hydrogens is 350 g/mol. The van der Waals surface area contributed by atoms with Crippen LogP contribution < -0.4 is 0 Å². The van der Waals surface area contributed by atoms with Crippen LogP contribution in [0.3, 0.4) is 0 Å². The van der Waals surface area contributed by atoms with Crippen molar-refractivity contribution >= 4 is 0 Å². The molecule has 1 heterocycles.